The molecule has 6 nitrogen and oxygen atoms in total. The zero-order chi connectivity index (χ0) is 20.5. The average Bonchev–Trinajstić information content (AvgIpc) is 3.26. The number of benzene rings is 2. The molecule has 0 unspecified atom stereocenters. The van der Waals surface area contributed by atoms with Crippen LogP contribution in [0.5, 0.6) is 17.2 Å². The van der Waals surface area contributed by atoms with Gasteiger partial charge in [-0.2, -0.15) is 0 Å². The van der Waals surface area contributed by atoms with E-state index in [9.17, 15) is 9.59 Å². The van der Waals surface area contributed by atoms with Crippen molar-refractivity contribution in [3.8, 4) is 17.2 Å². The third-order valence-corrected chi connectivity index (χ3v) is 4.76. The number of rotatable bonds is 9. The van der Waals surface area contributed by atoms with Crippen molar-refractivity contribution in [1.82, 2.24) is 5.32 Å². The van der Waals surface area contributed by atoms with Gasteiger partial charge in [-0.05, 0) is 66.9 Å². The molecular weight excluding hydrogens is 388 g/mol. The second kappa shape index (κ2) is 10.3. The Labute approximate surface area is 173 Å². The Balaban J connectivity index is 1.43. The van der Waals surface area contributed by atoms with Crippen LogP contribution in [0.1, 0.15) is 23.0 Å². The fraction of sp³-hybridized carbons (Fsp3) is 0.182. The van der Waals surface area contributed by atoms with Gasteiger partial charge in [0.05, 0.1) is 11.5 Å². The molecule has 0 aliphatic rings. The lowest BCUT2D eigenvalue weighted by Crippen LogP contribution is -2.27. The molecule has 0 radical (unpaired) electrons. The van der Waals surface area contributed by atoms with E-state index in [1.807, 2.05) is 42.6 Å². The van der Waals surface area contributed by atoms with Crippen molar-refractivity contribution >= 4 is 28.8 Å². The standard InChI is InChI=1S/C22H22N2O4S/c1-2-27-17-9-11-19(12-10-17)28-18-7-5-16(6-8-18)24-21(25)13-14-23-22(26)20-4-3-15-29-20/h3-12,15H,2,13-14H2,1H3,(H,23,26)(H,24,25). The summed E-state index contributed by atoms with van der Waals surface area (Å²) >= 11 is 1.37. The zero-order valence-corrected chi connectivity index (χ0v) is 16.8. The second-order valence-electron chi connectivity index (χ2n) is 6.06. The SMILES string of the molecule is CCOc1ccc(Oc2ccc(NC(=O)CCNC(=O)c3cccs3)cc2)cc1. The minimum atomic E-state index is -0.170. The smallest absolute Gasteiger partial charge is 0.261 e. The molecule has 0 aliphatic carbocycles. The largest absolute Gasteiger partial charge is 0.494 e. The van der Waals surface area contributed by atoms with Crippen molar-refractivity contribution < 1.29 is 19.1 Å². The van der Waals surface area contributed by atoms with E-state index >= 15 is 0 Å². The van der Waals surface area contributed by atoms with Gasteiger partial charge in [0, 0.05) is 18.7 Å². The summed E-state index contributed by atoms with van der Waals surface area (Å²) in [5.74, 6) is 1.83. The molecule has 0 saturated heterocycles. The van der Waals surface area contributed by atoms with Crippen molar-refractivity contribution in [2.45, 2.75) is 13.3 Å². The Bertz CT molecular complexity index is 922. The third-order valence-electron chi connectivity index (χ3n) is 3.89. The number of hydrogen-bond acceptors (Lipinski definition) is 5. The Morgan fingerprint density at radius 3 is 2.21 bits per heavy atom. The summed E-state index contributed by atoms with van der Waals surface area (Å²) in [4.78, 5) is 24.5. The number of amides is 2. The maximum Gasteiger partial charge on any atom is 0.261 e. The van der Waals surface area contributed by atoms with Gasteiger partial charge in [-0.15, -0.1) is 11.3 Å². The first-order valence-electron chi connectivity index (χ1n) is 9.26. The minimum absolute atomic E-state index is 0.163. The Kier molecular flexibility index (Phi) is 7.24. The van der Waals surface area contributed by atoms with E-state index in [1.165, 1.54) is 11.3 Å². The molecule has 3 rings (SSSR count). The number of ether oxygens (including phenoxy) is 2. The van der Waals surface area contributed by atoms with Gasteiger partial charge in [-0.3, -0.25) is 9.59 Å². The first-order valence-corrected chi connectivity index (χ1v) is 10.1. The number of hydrogen-bond donors (Lipinski definition) is 2. The van der Waals surface area contributed by atoms with Crippen LogP contribution in [0.15, 0.2) is 66.0 Å². The number of carbonyl (C=O) groups excluding carboxylic acids is 2. The van der Waals surface area contributed by atoms with Crippen LogP contribution in [0.2, 0.25) is 0 Å². The van der Waals surface area contributed by atoms with E-state index in [2.05, 4.69) is 10.6 Å². The highest BCUT2D eigenvalue weighted by Crippen LogP contribution is 2.25. The molecule has 0 atom stereocenters. The van der Waals surface area contributed by atoms with Crippen LogP contribution in [0.4, 0.5) is 5.69 Å². The van der Waals surface area contributed by atoms with Crippen LogP contribution in [0.25, 0.3) is 0 Å². The van der Waals surface area contributed by atoms with Crippen molar-refractivity contribution in [2.24, 2.45) is 0 Å². The lowest BCUT2D eigenvalue weighted by molar-refractivity contribution is -0.116. The van der Waals surface area contributed by atoms with Crippen LogP contribution in [0, 0.1) is 0 Å². The lowest BCUT2D eigenvalue weighted by Gasteiger charge is -2.09. The van der Waals surface area contributed by atoms with Crippen LogP contribution in [-0.4, -0.2) is 25.0 Å². The molecule has 0 fully saturated rings. The van der Waals surface area contributed by atoms with Gasteiger partial charge in [-0.25, -0.2) is 0 Å². The molecule has 150 valence electrons. The Hall–Kier alpha value is -3.32. The molecule has 2 N–H and O–H groups in total. The summed E-state index contributed by atoms with van der Waals surface area (Å²) in [7, 11) is 0. The Morgan fingerprint density at radius 2 is 1.59 bits per heavy atom. The zero-order valence-electron chi connectivity index (χ0n) is 16.0. The summed E-state index contributed by atoms with van der Waals surface area (Å²) in [5.41, 5.74) is 0.665. The molecular formula is C22H22N2O4S. The molecule has 7 heteroatoms. The first kappa shape index (κ1) is 20.4. The highest BCUT2D eigenvalue weighted by Gasteiger charge is 2.08. The molecule has 2 aromatic carbocycles. The molecule has 1 aromatic heterocycles. The molecule has 29 heavy (non-hydrogen) atoms. The van der Waals surface area contributed by atoms with Gasteiger partial charge < -0.3 is 20.1 Å². The highest BCUT2D eigenvalue weighted by molar-refractivity contribution is 7.12. The van der Waals surface area contributed by atoms with E-state index in [0.29, 0.717) is 28.7 Å². The second-order valence-corrected chi connectivity index (χ2v) is 7.01. The highest BCUT2D eigenvalue weighted by atomic mass is 32.1. The molecule has 0 spiro atoms. The fourth-order valence-corrected chi connectivity index (χ4v) is 3.16. The van der Waals surface area contributed by atoms with Crippen molar-refractivity contribution in [3.05, 3.63) is 70.9 Å². The van der Waals surface area contributed by atoms with Crippen LogP contribution < -0.4 is 20.1 Å². The summed E-state index contributed by atoms with van der Waals surface area (Å²) in [6.45, 7) is 2.84. The first-order chi connectivity index (χ1) is 14.1. The molecule has 0 saturated carbocycles. The lowest BCUT2D eigenvalue weighted by atomic mass is 10.2. The quantitative estimate of drug-likeness (QED) is 0.536. The van der Waals surface area contributed by atoms with E-state index in [1.54, 1.807) is 30.3 Å². The molecule has 1 heterocycles. The number of anilines is 1. The van der Waals surface area contributed by atoms with E-state index in [-0.39, 0.29) is 24.8 Å². The average molecular weight is 410 g/mol. The van der Waals surface area contributed by atoms with Gasteiger partial charge in [0.1, 0.15) is 17.2 Å². The fourth-order valence-electron chi connectivity index (χ4n) is 2.52. The van der Waals surface area contributed by atoms with Crippen molar-refractivity contribution in [1.29, 1.82) is 0 Å². The van der Waals surface area contributed by atoms with Gasteiger partial charge >= 0.3 is 0 Å². The summed E-state index contributed by atoms with van der Waals surface area (Å²) in [6, 6.07) is 18.0. The Morgan fingerprint density at radius 1 is 0.931 bits per heavy atom. The monoisotopic (exact) mass is 410 g/mol. The normalized spacial score (nSPS) is 10.2. The van der Waals surface area contributed by atoms with Crippen LogP contribution >= 0.6 is 11.3 Å². The van der Waals surface area contributed by atoms with Crippen LogP contribution in [-0.2, 0) is 4.79 Å². The van der Waals surface area contributed by atoms with Crippen molar-refractivity contribution in [2.75, 3.05) is 18.5 Å². The predicted molar refractivity (Wildman–Crippen MR) is 114 cm³/mol. The molecule has 2 amide bonds. The summed E-state index contributed by atoms with van der Waals surface area (Å²) in [5, 5.41) is 7.37. The number of thiophene rings is 1. The maximum atomic E-state index is 12.0. The minimum Gasteiger partial charge on any atom is -0.494 e. The van der Waals surface area contributed by atoms with Gasteiger partial charge in [0.2, 0.25) is 5.91 Å². The van der Waals surface area contributed by atoms with E-state index < -0.39 is 0 Å². The molecule has 0 aliphatic heterocycles. The molecule has 0 bridgehead atoms. The summed E-state index contributed by atoms with van der Waals surface area (Å²) < 4.78 is 11.2. The van der Waals surface area contributed by atoms with Gasteiger partial charge in [0.15, 0.2) is 0 Å². The molecule has 3 aromatic rings. The summed E-state index contributed by atoms with van der Waals surface area (Å²) in [6.07, 6.45) is 0.196. The predicted octanol–water partition coefficient (Wildman–Crippen LogP) is 4.70. The van der Waals surface area contributed by atoms with E-state index in [0.717, 1.165) is 5.75 Å². The maximum absolute atomic E-state index is 12.0. The third kappa shape index (κ3) is 6.36. The topological polar surface area (TPSA) is 76.7 Å². The number of nitrogens with one attached hydrogen (secondary N) is 2. The van der Waals surface area contributed by atoms with Gasteiger partial charge in [0.25, 0.3) is 5.91 Å². The number of carbonyl (C=O) groups is 2. The van der Waals surface area contributed by atoms with Gasteiger partial charge in [-0.1, -0.05) is 6.07 Å². The van der Waals surface area contributed by atoms with Crippen LogP contribution in [0.3, 0.4) is 0 Å². The van der Waals surface area contributed by atoms with Crippen molar-refractivity contribution in [3.63, 3.8) is 0 Å². The van der Waals surface area contributed by atoms with E-state index in [4.69, 9.17) is 9.47 Å².